The van der Waals surface area contributed by atoms with E-state index in [1.54, 1.807) is 0 Å². The van der Waals surface area contributed by atoms with E-state index in [0.29, 0.717) is 6.61 Å². The van der Waals surface area contributed by atoms with Crippen molar-refractivity contribution in [1.29, 1.82) is 0 Å². The highest BCUT2D eigenvalue weighted by Gasteiger charge is 2.02. The molecule has 0 aliphatic carbocycles. The molecule has 0 heterocycles. The van der Waals surface area contributed by atoms with Gasteiger partial charge in [0.2, 0.25) is 0 Å². The van der Waals surface area contributed by atoms with Gasteiger partial charge in [0.05, 0.1) is 0 Å². The Morgan fingerprint density at radius 2 is 1.71 bits per heavy atom. The molecule has 0 saturated heterocycles. The first-order valence-electron chi connectivity index (χ1n) is 7.42. The molecular weight excluding hydrogens is 282 g/mol. The summed E-state index contributed by atoms with van der Waals surface area (Å²) >= 11 is 6.11. The van der Waals surface area contributed by atoms with E-state index >= 15 is 0 Å². The Hall–Kier alpha value is -1.51. The molecular formula is C18H22ClNO. The van der Waals surface area contributed by atoms with Crippen molar-refractivity contribution in [3.63, 3.8) is 0 Å². The van der Waals surface area contributed by atoms with Crippen molar-refractivity contribution in [3.05, 3.63) is 64.2 Å². The Morgan fingerprint density at radius 3 is 2.38 bits per heavy atom. The molecule has 3 heteroatoms. The molecule has 21 heavy (non-hydrogen) atoms. The lowest BCUT2D eigenvalue weighted by Crippen LogP contribution is -2.11. The predicted molar refractivity (Wildman–Crippen MR) is 89.0 cm³/mol. The van der Waals surface area contributed by atoms with E-state index in [2.05, 4.69) is 43.4 Å². The fraction of sp³-hybridized carbons (Fsp3) is 0.333. The van der Waals surface area contributed by atoms with Gasteiger partial charge < -0.3 is 10.1 Å². The second-order valence-electron chi connectivity index (χ2n) is 4.99. The minimum Gasteiger partial charge on any atom is -0.489 e. The van der Waals surface area contributed by atoms with E-state index in [9.17, 15) is 0 Å². The van der Waals surface area contributed by atoms with Crippen LogP contribution in [-0.4, -0.2) is 6.54 Å². The van der Waals surface area contributed by atoms with Crippen LogP contribution in [0.3, 0.4) is 0 Å². The standard InChI is InChI=1S/C18H22ClNO/c1-3-16-11-17(9-10-18(16)19)21-13-15-7-5-14(6-8-15)12-20-4-2/h5-11,20H,3-4,12-13H2,1-2H3. The molecule has 2 aromatic rings. The van der Waals surface area contributed by atoms with Gasteiger partial charge in [0.1, 0.15) is 12.4 Å². The smallest absolute Gasteiger partial charge is 0.120 e. The third-order valence-electron chi connectivity index (χ3n) is 3.41. The number of rotatable bonds is 7. The summed E-state index contributed by atoms with van der Waals surface area (Å²) < 4.78 is 5.84. The summed E-state index contributed by atoms with van der Waals surface area (Å²) in [7, 11) is 0. The van der Waals surface area contributed by atoms with E-state index in [-0.39, 0.29) is 0 Å². The zero-order chi connectivity index (χ0) is 15.1. The highest BCUT2D eigenvalue weighted by molar-refractivity contribution is 6.31. The van der Waals surface area contributed by atoms with Crippen molar-refractivity contribution in [2.45, 2.75) is 33.4 Å². The van der Waals surface area contributed by atoms with E-state index in [1.165, 1.54) is 11.1 Å². The number of halogens is 1. The van der Waals surface area contributed by atoms with Crippen LogP contribution < -0.4 is 10.1 Å². The lowest BCUT2D eigenvalue weighted by Gasteiger charge is -2.09. The maximum absolute atomic E-state index is 6.11. The molecule has 0 atom stereocenters. The fourth-order valence-electron chi connectivity index (χ4n) is 2.10. The summed E-state index contributed by atoms with van der Waals surface area (Å²) in [6, 6.07) is 14.3. The third kappa shape index (κ3) is 4.76. The molecule has 1 N–H and O–H groups in total. The lowest BCUT2D eigenvalue weighted by molar-refractivity contribution is 0.306. The monoisotopic (exact) mass is 303 g/mol. The average molecular weight is 304 g/mol. The average Bonchev–Trinajstić information content (AvgIpc) is 2.53. The Balaban J connectivity index is 1.93. The van der Waals surface area contributed by atoms with Crippen LogP contribution in [0.1, 0.15) is 30.5 Å². The van der Waals surface area contributed by atoms with Crippen molar-refractivity contribution in [2.24, 2.45) is 0 Å². The van der Waals surface area contributed by atoms with Crippen molar-refractivity contribution >= 4 is 11.6 Å². The molecule has 0 unspecified atom stereocenters. The largest absolute Gasteiger partial charge is 0.489 e. The molecule has 0 amide bonds. The fourth-order valence-corrected chi connectivity index (χ4v) is 2.35. The predicted octanol–water partition coefficient (Wildman–Crippen LogP) is 4.59. The third-order valence-corrected chi connectivity index (χ3v) is 3.77. The zero-order valence-corrected chi connectivity index (χ0v) is 13.4. The first-order valence-corrected chi connectivity index (χ1v) is 7.80. The Labute approximate surface area is 132 Å². The molecule has 0 bridgehead atoms. The maximum atomic E-state index is 6.11. The molecule has 0 fully saturated rings. The molecule has 0 aromatic heterocycles. The topological polar surface area (TPSA) is 21.3 Å². The molecule has 2 nitrogen and oxygen atoms in total. The number of aryl methyl sites for hydroxylation is 1. The van der Waals surface area contributed by atoms with Crippen LogP contribution in [0, 0.1) is 0 Å². The van der Waals surface area contributed by atoms with Crippen LogP contribution in [0.4, 0.5) is 0 Å². The normalized spacial score (nSPS) is 10.6. The molecule has 0 spiro atoms. The van der Waals surface area contributed by atoms with Gasteiger partial charge in [0.25, 0.3) is 0 Å². The van der Waals surface area contributed by atoms with Gasteiger partial charge >= 0.3 is 0 Å². The van der Waals surface area contributed by atoms with Crippen LogP contribution >= 0.6 is 11.6 Å². The number of hydrogen-bond donors (Lipinski definition) is 1. The molecule has 0 aliphatic rings. The van der Waals surface area contributed by atoms with E-state index in [4.69, 9.17) is 16.3 Å². The minimum atomic E-state index is 0.576. The van der Waals surface area contributed by atoms with Gasteiger partial charge in [-0.3, -0.25) is 0 Å². The van der Waals surface area contributed by atoms with Crippen molar-refractivity contribution in [3.8, 4) is 5.75 Å². The van der Waals surface area contributed by atoms with Crippen LogP contribution in [0.25, 0.3) is 0 Å². The molecule has 2 aromatic carbocycles. The maximum Gasteiger partial charge on any atom is 0.120 e. The van der Waals surface area contributed by atoms with Gasteiger partial charge in [-0.25, -0.2) is 0 Å². The van der Waals surface area contributed by atoms with Gasteiger partial charge in [-0.1, -0.05) is 49.7 Å². The number of hydrogen-bond acceptors (Lipinski definition) is 2. The highest BCUT2D eigenvalue weighted by atomic mass is 35.5. The summed E-state index contributed by atoms with van der Waals surface area (Å²) in [6.07, 6.45) is 0.912. The summed E-state index contributed by atoms with van der Waals surface area (Å²) in [5, 5.41) is 4.12. The van der Waals surface area contributed by atoms with E-state index in [1.807, 2.05) is 18.2 Å². The van der Waals surface area contributed by atoms with Gasteiger partial charge in [-0.15, -0.1) is 0 Å². The van der Waals surface area contributed by atoms with Gasteiger partial charge in [0.15, 0.2) is 0 Å². The van der Waals surface area contributed by atoms with Crippen molar-refractivity contribution < 1.29 is 4.74 Å². The molecule has 112 valence electrons. The van der Waals surface area contributed by atoms with Gasteiger partial charge in [-0.2, -0.15) is 0 Å². The zero-order valence-electron chi connectivity index (χ0n) is 12.7. The van der Waals surface area contributed by atoms with E-state index < -0.39 is 0 Å². The number of ether oxygens (including phenoxy) is 1. The second-order valence-corrected chi connectivity index (χ2v) is 5.40. The van der Waals surface area contributed by atoms with Crippen molar-refractivity contribution in [1.82, 2.24) is 5.32 Å². The SMILES string of the molecule is CCNCc1ccc(COc2ccc(Cl)c(CC)c2)cc1. The Kier molecular flexibility index (Phi) is 6.09. The summed E-state index contributed by atoms with van der Waals surface area (Å²) in [4.78, 5) is 0. The van der Waals surface area contributed by atoms with Crippen LogP contribution in [-0.2, 0) is 19.6 Å². The summed E-state index contributed by atoms with van der Waals surface area (Å²) in [5.41, 5.74) is 3.58. The van der Waals surface area contributed by atoms with Crippen LogP contribution in [0.5, 0.6) is 5.75 Å². The van der Waals surface area contributed by atoms with Crippen LogP contribution in [0.15, 0.2) is 42.5 Å². The molecule has 0 saturated carbocycles. The first kappa shape index (κ1) is 15.9. The minimum absolute atomic E-state index is 0.576. The summed E-state index contributed by atoms with van der Waals surface area (Å²) in [5.74, 6) is 0.868. The van der Waals surface area contributed by atoms with Crippen molar-refractivity contribution in [2.75, 3.05) is 6.54 Å². The highest BCUT2D eigenvalue weighted by Crippen LogP contribution is 2.23. The number of benzene rings is 2. The molecule has 2 rings (SSSR count). The van der Waals surface area contributed by atoms with E-state index in [0.717, 1.165) is 35.8 Å². The van der Waals surface area contributed by atoms with Crippen LogP contribution in [0.2, 0.25) is 5.02 Å². The Morgan fingerprint density at radius 1 is 1.00 bits per heavy atom. The summed E-state index contributed by atoms with van der Waals surface area (Å²) in [6.45, 7) is 6.68. The molecule has 0 aliphatic heterocycles. The first-order chi connectivity index (χ1) is 10.2. The second kappa shape index (κ2) is 8.06. The Bertz CT molecular complexity index is 566. The molecule has 0 radical (unpaired) electrons. The lowest BCUT2D eigenvalue weighted by atomic mass is 10.1. The van der Waals surface area contributed by atoms with Gasteiger partial charge in [-0.05, 0) is 47.9 Å². The van der Waals surface area contributed by atoms with Gasteiger partial charge in [0, 0.05) is 11.6 Å². The number of nitrogens with one attached hydrogen (secondary N) is 1. The quantitative estimate of drug-likeness (QED) is 0.807.